The summed E-state index contributed by atoms with van der Waals surface area (Å²) >= 11 is 6.17. The summed E-state index contributed by atoms with van der Waals surface area (Å²) in [5.41, 5.74) is -0.811. The van der Waals surface area contributed by atoms with E-state index in [0.717, 1.165) is 17.5 Å². The van der Waals surface area contributed by atoms with E-state index in [1.54, 1.807) is 0 Å². The molecule has 10 heteroatoms. The molecule has 1 aliphatic heterocycles. The van der Waals surface area contributed by atoms with Gasteiger partial charge in [-0.1, -0.05) is 11.6 Å². The fraction of sp³-hybridized carbons (Fsp3) is 0.647. The van der Waals surface area contributed by atoms with E-state index in [0.29, 0.717) is 38.0 Å². The smallest absolute Gasteiger partial charge is 0.408 e. The first-order valence-corrected chi connectivity index (χ1v) is 9.37. The van der Waals surface area contributed by atoms with E-state index in [2.05, 4.69) is 16.5 Å². The predicted molar refractivity (Wildman–Crippen MR) is 97.6 cm³/mol. The van der Waals surface area contributed by atoms with Gasteiger partial charge < -0.3 is 20.1 Å². The number of carbonyl (C=O) groups excluding carboxylic acids is 1. The minimum Gasteiger partial charge on any atom is -0.444 e. The standard InChI is InChI=1S/C17H22ClN5O4/c18-14-13(9-20-23(7-8-24)15(14)25)22-6-3-12(10-22)27-16(26)21-17(11-19)4-1-2-5-17/h9,12,24H,1-8,10H2,(H,21,26)/t12-/m1/s1. The molecule has 1 aromatic heterocycles. The second-order valence-corrected chi connectivity index (χ2v) is 7.26. The highest BCUT2D eigenvalue weighted by Gasteiger charge is 2.37. The molecule has 9 nitrogen and oxygen atoms in total. The number of nitrogens with one attached hydrogen (secondary N) is 1. The number of anilines is 1. The van der Waals surface area contributed by atoms with Crippen LogP contribution in [-0.4, -0.2) is 52.3 Å². The van der Waals surface area contributed by atoms with Gasteiger partial charge in [0.2, 0.25) is 0 Å². The van der Waals surface area contributed by atoms with Gasteiger partial charge >= 0.3 is 6.09 Å². The maximum absolute atomic E-state index is 12.2. The molecule has 1 aliphatic carbocycles. The molecular formula is C17H22ClN5O4. The number of hydrogen-bond acceptors (Lipinski definition) is 7. The second kappa shape index (κ2) is 8.15. The number of nitrogens with zero attached hydrogens (tertiary/aromatic N) is 4. The lowest BCUT2D eigenvalue weighted by molar-refractivity contribution is 0.101. The van der Waals surface area contributed by atoms with Gasteiger partial charge in [0.15, 0.2) is 0 Å². The molecule has 2 fully saturated rings. The normalized spacial score (nSPS) is 21.1. The highest BCUT2D eigenvalue weighted by atomic mass is 35.5. The number of amides is 1. The Bertz CT molecular complexity index is 799. The van der Waals surface area contributed by atoms with Crippen LogP contribution in [0.3, 0.4) is 0 Å². The van der Waals surface area contributed by atoms with Crippen LogP contribution in [0.25, 0.3) is 0 Å². The van der Waals surface area contributed by atoms with E-state index in [9.17, 15) is 14.9 Å². The Morgan fingerprint density at radius 2 is 2.26 bits per heavy atom. The molecule has 27 heavy (non-hydrogen) atoms. The summed E-state index contributed by atoms with van der Waals surface area (Å²) in [5, 5.41) is 25.0. The zero-order chi connectivity index (χ0) is 19.4. The van der Waals surface area contributed by atoms with Crippen LogP contribution in [0, 0.1) is 11.3 Å². The Morgan fingerprint density at radius 1 is 1.52 bits per heavy atom. The number of hydrogen-bond donors (Lipinski definition) is 2. The van der Waals surface area contributed by atoms with Crippen molar-refractivity contribution in [3.8, 4) is 6.07 Å². The average molecular weight is 396 g/mol. The lowest BCUT2D eigenvalue weighted by Gasteiger charge is -2.23. The molecule has 1 amide bonds. The van der Waals surface area contributed by atoms with Crippen molar-refractivity contribution in [2.24, 2.45) is 0 Å². The molecule has 2 N–H and O–H groups in total. The number of carbonyl (C=O) groups is 1. The maximum atomic E-state index is 12.2. The van der Waals surface area contributed by atoms with Crippen LogP contribution in [0.1, 0.15) is 32.1 Å². The van der Waals surface area contributed by atoms with Crippen molar-refractivity contribution in [2.75, 3.05) is 24.6 Å². The summed E-state index contributed by atoms with van der Waals surface area (Å²) in [6.07, 6.45) is 4.22. The van der Waals surface area contributed by atoms with E-state index in [-0.39, 0.29) is 24.3 Å². The highest BCUT2D eigenvalue weighted by Crippen LogP contribution is 2.30. The van der Waals surface area contributed by atoms with E-state index >= 15 is 0 Å². The Hall–Kier alpha value is -2.31. The van der Waals surface area contributed by atoms with Crippen LogP contribution in [0.2, 0.25) is 5.02 Å². The first kappa shape index (κ1) is 19.5. The van der Waals surface area contributed by atoms with Crippen molar-refractivity contribution in [3.63, 3.8) is 0 Å². The van der Waals surface area contributed by atoms with Gasteiger partial charge in [-0.3, -0.25) is 4.79 Å². The number of rotatable bonds is 5. The quantitative estimate of drug-likeness (QED) is 0.763. The zero-order valence-electron chi connectivity index (χ0n) is 14.9. The zero-order valence-corrected chi connectivity index (χ0v) is 15.6. The summed E-state index contributed by atoms with van der Waals surface area (Å²) in [6, 6.07) is 2.19. The fourth-order valence-electron chi connectivity index (χ4n) is 3.59. The number of halogens is 1. The number of aliphatic hydroxyl groups excluding tert-OH is 1. The van der Waals surface area contributed by atoms with E-state index in [4.69, 9.17) is 21.4 Å². The van der Waals surface area contributed by atoms with Gasteiger partial charge in [0.1, 0.15) is 16.7 Å². The van der Waals surface area contributed by atoms with E-state index in [1.165, 1.54) is 6.20 Å². The first-order valence-electron chi connectivity index (χ1n) is 8.99. The molecular weight excluding hydrogens is 374 g/mol. The average Bonchev–Trinajstić information content (AvgIpc) is 3.29. The van der Waals surface area contributed by atoms with Gasteiger partial charge in [0, 0.05) is 13.0 Å². The summed E-state index contributed by atoms with van der Waals surface area (Å²) in [4.78, 5) is 26.2. The van der Waals surface area contributed by atoms with Crippen LogP contribution < -0.4 is 15.8 Å². The van der Waals surface area contributed by atoms with Crippen molar-refractivity contribution in [1.82, 2.24) is 15.1 Å². The summed E-state index contributed by atoms with van der Waals surface area (Å²) < 4.78 is 6.57. The number of alkyl carbamates (subject to hydrolysis) is 1. The SMILES string of the molecule is N#CC1(NC(=O)O[C@@H]2CCN(c3cnn(CCO)c(=O)c3Cl)C2)CCCC1. The summed E-state index contributed by atoms with van der Waals surface area (Å²) in [7, 11) is 0. The van der Waals surface area contributed by atoms with Crippen molar-refractivity contribution < 1.29 is 14.6 Å². The third-order valence-electron chi connectivity index (χ3n) is 5.05. The third-order valence-corrected chi connectivity index (χ3v) is 5.41. The first-order chi connectivity index (χ1) is 13.0. The Labute approximate surface area is 161 Å². The highest BCUT2D eigenvalue weighted by molar-refractivity contribution is 6.33. The molecule has 1 aromatic rings. The second-order valence-electron chi connectivity index (χ2n) is 6.88. The van der Waals surface area contributed by atoms with Crippen LogP contribution in [0.4, 0.5) is 10.5 Å². The van der Waals surface area contributed by atoms with Crippen molar-refractivity contribution in [3.05, 3.63) is 21.6 Å². The minimum absolute atomic E-state index is 0.0259. The lowest BCUT2D eigenvalue weighted by atomic mass is 10.0. The van der Waals surface area contributed by atoms with Gasteiger partial charge in [-0.2, -0.15) is 10.4 Å². The molecule has 0 bridgehead atoms. The molecule has 2 heterocycles. The molecule has 1 saturated carbocycles. The molecule has 1 atom stereocenters. The van der Waals surface area contributed by atoms with Crippen LogP contribution in [0.15, 0.2) is 11.0 Å². The topological polar surface area (TPSA) is 120 Å². The van der Waals surface area contributed by atoms with Crippen molar-refractivity contribution >= 4 is 23.4 Å². The van der Waals surface area contributed by atoms with Crippen molar-refractivity contribution in [1.29, 1.82) is 5.26 Å². The van der Waals surface area contributed by atoms with Gasteiger partial charge in [0.25, 0.3) is 5.56 Å². The van der Waals surface area contributed by atoms with Gasteiger partial charge in [0.05, 0.1) is 37.6 Å². The van der Waals surface area contributed by atoms with Gasteiger partial charge in [-0.05, 0) is 25.7 Å². The Morgan fingerprint density at radius 3 is 2.93 bits per heavy atom. The number of ether oxygens (including phenoxy) is 1. The molecule has 0 aromatic carbocycles. The molecule has 146 valence electrons. The lowest BCUT2D eigenvalue weighted by Crippen LogP contribution is -2.46. The van der Waals surface area contributed by atoms with Crippen LogP contribution in [-0.2, 0) is 11.3 Å². The molecule has 1 saturated heterocycles. The van der Waals surface area contributed by atoms with Crippen LogP contribution in [0.5, 0.6) is 0 Å². The summed E-state index contributed by atoms with van der Waals surface area (Å²) in [6.45, 7) is 0.816. The number of nitriles is 1. The molecule has 2 aliphatic rings. The molecule has 0 spiro atoms. The minimum atomic E-state index is -0.820. The van der Waals surface area contributed by atoms with Gasteiger partial charge in [-0.25, -0.2) is 9.48 Å². The summed E-state index contributed by atoms with van der Waals surface area (Å²) in [5.74, 6) is 0. The van der Waals surface area contributed by atoms with E-state index in [1.807, 2.05) is 4.90 Å². The molecule has 0 radical (unpaired) electrons. The Kier molecular flexibility index (Phi) is 5.87. The number of aromatic nitrogens is 2. The Balaban J connectivity index is 1.60. The molecule has 0 unspecified atom stereocenters. The maximum Gasteiger partial charge on any atom is 0.408 e. The number of aliphatic hydroxyl groups is 1. The van der Waals surface area contributed by atoms with Crippen molar-refractivity contribution in [2.45, 2.75) is 50.3 Å². The monoisotopic (exact) mass is 395 g/mol. The van der Waals surface area contributed by atoms with E-state index < -0.39 is 17.2 Å². The largest absolute Gasteiger partial charge is 0.444 e. The van der Waals surface area contributed by atoms with Crippen LogP contribution >= 0.6 is 11.6 Å². The van der Waals surface area contributed by atoms with Gasteiger partial charge in [-0.15, -0.1) is 0 Å². The third kappa shape index (κ3) is 4.17. The predicted octanol–water partition coefficient (Wildman–Crippen LogP) is 1.03. The fourth-order valence-corrected chi connectivity index (χ4v) is 3.86. The molecule has 3 rings (SSSR count).